The number of benzene rings is 1. The van der Waals surface area contributed by atoms with E-state index in [4.69, 9.17) is 20.8 Å². The van der Waals surface area contributed by atoms with Gasteiger partial charge in [-0.25, -0.2) is 0 Å². The minimum absolute atomic E-state index is 0.396. The van der Waals surface area contributed by atoms with Crippen LogP contribution in [-0.2, 0) is 27.9 Å². The summed E-state index contributed by atoms with van der Waals surface area (Å²) in [5, 5.41) is 0. The lowest BCUT2D eigenvalue weighted by Gasteiger charge is -2.20. The zero-order valence-electron chi connectivity index (χ0n) is 14.6. The van der Waals surface area contributed by atoms with Gasteiger partial charge < -0.3 is 16.2 Å². The molecule has 1 heterocycles. The number of pyridine rings is 1. The molecule has 5 N–H and O–H groups in total. The van der Waals surface area contributed by atoms with E-state index in [1.807, 2.05) is 36.4 Å². The highest BCUT2D eigenvalue weighted by Crippen LogP contribution is 2.17. The Labute approximate surface area is 152 Å². The second-order valence-electron chi connectivity index (χ2n) is 5.98. The Balaban J connectivity index is 0.000000597. The number of carbonyl (C=O) groups excluding carboxylic acids is 1. The van der Waals surface area contributed by atoms with Crippen molar-refractivity contribution in [3.05, 3.63) is 59.9 Å². The van der Waals surface area contributed by atoms with Gasteiger partial charge in [0.25, 0.3) is 10.1 Å². The van der Waals surface area contributed by atoms with Crippen LogP contribution >= 0.6 is 0 Å². The van der Waals surface area contributed by atoms with Gasteiger partial charge in [-0.1, -0.05) is 12.1 Å². The molecule has 2 rings (SSSR count). The number of hydrogen-bond acceptors (Lipinski definition) is 6. The maximum Gasteiger partial charge on any atom is 0.261 e. The zero-order chi connectivity index (χ0) is 19.8. The first-order valence-corrected chi connectivity index (χ1v) is 9.44. The van der Waals surface area contributed by atoms with Crippen molar-refractivity contribution in [2.45, 2.75) is 25.5 Å². The Kier molecular flexibility index (Phi) is 7.69. The molecule has 0 aliphatic heterocycles. The van der Waals surface area contributed by atoms with E-state index in [0.717, 1.165) is 16.9 Å². The maximum absolute atomic E-state index is 11.2. The number of aromatic nitrogens is 1. The van der Waals surface area contributed by atoms with Crippen molar-refractivity contribution in [2.24, 2.45) is 11.5 Å². The smallest absolute Gasteiger partial charge is 0.261 e. The molecule has 9 heteroatoms. The van der Waals surface area contributed by atoms with Crippen LogP contribution in [0.2, 0.25) is 0 Å². The maximum atomic E-state index is 11.2. The van der Waals surface area contributed by atoms with Crippen molar-refractivity contribution in [1.82, 2.24) is 4.98 Å². The molecule has 142 valence electrons. The fourth-order valence-corrected chi connectivity index (χ4v) is 1.86. The summed E-state index contributed by atoms with van der Waals surface area (Å²) >= 11 is 0. The molecule has 0 aliphatic rings. The Morgan fingerprint density at radius 3 is 2.12 bits per heavy atom. The van der Waals surface area contributed by atoms with Gasteiger partial charge in [-0.3, -0.25) is 14.3 Å². The summed E-state index contributed by atoms with van der Waals surface area (Å²) in [6.45, 7) is 2.11. The van der Waals surface area contributed by atoms with Crippen LogP contribution in [0.4, 0.5) is 0 Å². The topological polar surface area (TPSA) is 146 Å². The standard InChI is InChI=1S/C16H19N3O2.CH4O3S/c1-16(18,15(17)20)10-12-2-4-14(5-3-12)21-11-13-6-8-19-9-7-13;1-5(2,3)4/h2-9H,10-11,18H2,1H3,(H2,17,20);1H3,(H,2,3,4). The SMILES string of the molecule is CC(N)(Cc1ccc(OCc2ccncc2)cc1)C(N)=O.CS(=O)(=O)O. The first kappa shape index (κ1) is 21.6. The molecule has 2 aromatic rings. The van der Waals surface area contributed by atoms with Gasteiger partial charge in [0.15, 0.2) is 0 Å². The number of nitrogens with two attached hydrogens (primary N) is 2. The van der Waals surface area contributed by atoms with Gasteiger partial charge in [-0.15, -0.1) is 0 Å². The van der Waals surface area contributed by atoms with E-state index in [1.165, 1.54) is 0 Å². The van der Waals surface area contributed by atoms with Gasteiger partial charge in [0.1, 0.15) is 12.4 Å². The molecule has 0 aliphatic carbocycles. The molecular formula is C17H23N3O5S. The molecule has 1 amide bonds. The van der Waals surface area contributed by atoms with Gasteiger partial charge in [-0.05, 0) is 48.7 Å². The monoisotopic (exact) mass is 381 g/mol. The normalized spacial score (nSPS) is 13.1. The molecule has 0 saturated heterocycles. The molecule has 1 unspecified atom stereocenters. The van der Waals surface area contributed by atoms with E-state index in [0.29, 0.717) is 19.3 Å². The highest BCUT2D eigenvalue weighted by atomic mass is 32.2. The van der Waals surface area contributed by atoms with Crippen LogP contribution < -0.4 is 16.2 Å². The van der Waals surface area contributed by atoms with Crippen LogP contribution in [0.3, 0.4) is 0 Å². The van der Waals surface area contributed by atoms with E-state index in [1.54, 1.807) is 19.3 Å². The summed E-state index contributed by atoms with van der Waals surface area (Å²) in [6.07, 6.45) is 4.57. The van der Waals surface area contributed by atoms with Crippen LogP contribution in [0.5, 0.6) is 5.75 Å². The first-order valence-electron chi connectivity index (χ1n) is 7.59. The van der Waals surface area contributed by atoms with Crippen molar-refractivity contribution >= 4 is 16.0 Å². The highest BCUT2D eigenvalue weighted by Gasteiger charge is 2.25. The summed E-state index contributed by atoms with van der Waals surface area (Å²) in [6, 6.07) is 11.3. The first-order chi connectivity index (χ1) is 12.0. The minimum atomic E-state index is -3.67. The van der Waals surface area contributed by atoms with Crippen LogP contribution in [-0.4, -0.2) is 35.7 Å². The van der Waals surface area contributed by atoms with Crippen LogP contribution in [0.25, 0.3) is 0 Å². The summed E-state index contributed by atoms with van der Waals surface area (Å²) in [4.78, 5) is 15.2. The molecule has 0 bridgehead atoms. The predicted molar refractivity (Wildman–Crippen MR) is 98.0 cm³/mol. The largest absolute Gasteiger partial charge is 0.489 e. The number of hydrogen-bond donors (Lipinski definition) is 3. The lowest BCUT2D eigenvalue weighted by molar-refractivity contribution is -0.122. The second kappa shape index (κ2) is 9.27. The molecule has 0 spiro atoms. The third-order valence-electron chi connectivity index (χ3n) is 3.21. The average molecular weight is 381 g/mol. The van der Waals surface area contributed by atoms with Crippen molar-refractivity contribution < 1.29 is 22.5 Å². The summed E-state index contributed by atoms with van der Waals surface area (Å²) in [5.74, 6) is 0.244. The molecule has 8 nitrogen and oxygen atoms in total. The van der Waals surface area contributed by atoms with Gasteiger partial charge in [0.2, 0.25) is 5.91 Å². The molecule has 26 heavy (non-hydrogen) atoms. The van der Waals surface area contributed by atoms with Crippen LogP contribution in [0.15, 0.2) is 48.8 Å². The third kappa shape index (κ3) is 9.11. The van der Waals surface area contributed by atoms with Crippen LogP contribution in [0, 0.1) is 0 Å². The lowest BCUT2D eigenvalue weighted by Crippen LogP contribution is -2.51. The van der Waals surface area contributed by atoms with Gasteiger partial charge in [0.05, 0.1) is 11.8 Å². The quantitative estimate of drug-likeness (QED) is 0.630. The highest BCUT2D eigenvalue weighted by molar-refractivity contribution is 7.85. The van der Waals surface area contributed by atoms with Crippen molar-refractivity contribution in [3.8, 4) is 5.75 Å². The molecule has 0 fully saturated rings. The van der Waals surface area contributed by atoms with Crippen LogP contribution in [0.1, 0.15) is 18.1 Å². The Bertz CT molecular complexity index is 798. The van der Waals surface area contributed by atoms with Crippen molar-refractivity contribution in [3.63, 3.8) is 0 Å². The average Bonchev–Trinajstić information content (AvgIpc) is 2.53. The number of amides is 1. The number of rotatable bonds is 6. The molecule has 0 saturated carbocycles. The lowest BCUT2D eigenvalue weighted by atomic mass is 9.93. The van der Waals surface area contributed by atoms with E-state index in [2.05, 4.69) is 4.98 Å². The predicted octanol–water partition coefficient (Wildman–Crippen LogP) is 0.910. The summed E-state index contributed by atoms with van der Waals surface area (Å²) in [5.41, 5.74) is 12.1. The fourth-order valence-electron chi connectivity index (χ4n) is 1.86. The van der Waals surface area contributed by atoms with E-state index in [9.17, 15) is 13.2 Å². The van der Waals surface area contributed by atoms with E-state index in [-0.39, 0.29) is 0 Å². The van der Waals surface area contributed by atoms with Gasteiger partial charge >= 0.3 is 0 Å². The molecular weight excluding hydrogens is 358 g/mol. The van der Waals surface area contributed by atoms with E-state index < -0.39 is 21.6 Å². The van der Waals surface area contributed by atoms with Gasteiger partial charge in [0, 0.05) is 12.4 Å². The zero-order valence-corrected chi connectivity index (χ0v) is 15.4. The molecule has 1 aromatic heterocycles. The van der Waals surface area contributed by atoms with Crippen molar-refractivity contribution in [1.29, 1.82) is 0 Å². The number of ether oxygens (including phenoxy) is 1. The second-order valence-corrected chi connectivity index (χ2v) is 7.45. The molecule has 1 aromatic carbocycles. The number of nitrogens with zero attached hydrogens (tertiary/aromatic N) is 1. The van der Waals surface area contributed by atoms with E-state index >= 15 is 0 Å². The number of carbonyl (C=O) groups is 1. The Hall–Kier alpha value is -2.49. The third-order valence-corrected chi connectivity index (χ3v) is 3.21. The molecule has 0 radical (unpaired) electrons. The minimum Gasteiger partial charge on any atom is -0.489 e. The Morgan fingerprint density at radius 1 is 1.15 bits per heavy atom. The Morgan fingerprint density at radius 2 is 1.65 bits per heavy atom. The van der Waals surface area contributed by atoms with Crippen molar-refractivity contribution in [2.75, 3.05) is 6.26 Å². The fraction of sp³-hybridized carbons (Fsp3) is 0.294. The van der Waals surface area contributed by atoms with Gasteiger partial charge in [-0.2, -0.15) is 8.42 Å². The molecule has 1 atom stereocenters. The number of primary amides is 1. The summed E-state index contributed by atoms with van der Waals surface area (Å²) in [7, 11) is -3.67. The summed E-state index contributed by atoms with van der Waals surface area (Å²) < 4.78 is 31.5.